The summed E-state index contributed by atoms with van der Waals surface area (Å²) in [6, 6.07) is 12.7. The van der Waals surface area contributed by atoms with Crippen molar-refractivity contribution < 1.29 is 9.53 Å². The van der Waals surface area contributed by atoms with Crippen LogP contribution in [-0.4, -0.2) is 27.2 Å². The third-order valence-electron chi connectivity index (χ3n) is 6.01. The number of Topliss-reactive ketones (excluding diaryl/α,β-unsaturated/α-hetero) is 1. The van der Waals surface area contributed by atoms with Crippen molar-refractivity contribution in [3.63, 3.8) is 0 Å². The van der Waals surface area contributed by atoms with Gasteiger partial charge in [0, 0.05) is 23.3 Å². The fourth-order valence-corrected chi connectivity index (χ4v) is 4.90. The smallest absolute Gasteiger partial charge is 0.226 e. The van der Waals surface area contributed by atoms with Crippen LogP contribution in [-0.2, 0) is 4.79 Å². The van der Waals surface area contributed by atoms with Gasteiger partial charge in [0.05, 0.1) is 16.7 Å². The molecule has 2 aromatic carbocycles. The summed E-state index contributed by atoms with van der Waals surface area (Å²) in [6.07, 6.45) is 1.22. The van der Waals surface area contributed by atoms with E-state index in [4.69, 9.17) is 38.0 Å². The molecule has 5 rings (SSSR count). The molecule has 1 aliphatic carbocycles. The minimum atomic E-state index is -0.432. The molecule has 1 unspecified atom stereocenters. The Morgan fingerprint density at radius 3 is 2.58 bits per heavy atom. The van der Waals surface area contributed by atoms with Gasteiger partial charge in [-0.25, -0.2) is 4.68 Å². The van der Waals surface area contributed by atoms with Crippen molar-refractivity contribution in [2.75, 3.05) is 11.9 Å². The van der Waals surface area contributed by atoms with Gasteiger partial charge in [0.1, 0.15) is 11.8 Å². The normalized spacial score (nSPS) is 19.1. The van der Waals surface area contributed by atoms with Crippen molar-refractivity contribution in [1.82, 2.24) is 14.8 Å². The molecule has 0 amide bonds. The molecule has 6 nitrogen and oxygen atoms in total. The van der Waals surface area contributed by atoms with Crippen LogP contribution in [0.2, 0.25) is 10.0 Å². The molecule has 1 N–H and O–H groups in total. The Bertz CT molecular complexity index is 1280. The molecule has 8 heteroatoms. The first-order valence-electron chi connectivity index (χ1n) is 10.9. The average molecular weight is 483 g/mol. The molecule has 1 atom stereocenters. The Morgan fingerprint density at radius 1 is 1.12 bits per heavy atom. The van der Waals surface area contributed by atoms with Gasteiger partial charge in [-0.1, -0.05) is 43.1 Å². The molecule has 33 heavy (non-hydrogen) atoms. The van der Waals surface area contributed by atoms with Crippen LogP contribution in [0.4, 0.5) is 5.95 Å². The van der Waals surface area contributed by atoms with Crippen molar-refractivity contribution in [2.45, 2.75) is 39.7 Å². The lowest BCUT2D eigenvalue weighted by molar-refractivity contribution is -0.118. The number of nitrogens with one attached hydrogen (secondary N) is 1. The molecule has 2 aliphatic rings. The number of carbonyl (C=O) groups excluding carboxylic acids is 1. The van der Waals surface area contributed by atoms with Crippen LogP contribution in [0, 0.1) is 5.41 Å². The molecule has 170 valence electrons. The summed E-state index contributed by atoms with van der Waals surface area (Å²) in [7, 11) is 0. The number of hydrogen-bond acceptors (Lipinski definition) is 5. The van der Waals surface area contributed by atoms with Crippen LogP contribution in [0.3, 0.4) is 0 Å². The number of hydrogen-bond donors (Lipinski definition) is 1. The quantitative estimate of drug-likeness (QED) is 0.471. The number of aromatic nitrogens is 3. The molecular formula is C25H24Cl2N4O2. The van der Waals surface area contributed by atoms with E-state index in [1.165, 1.54) is 0 Å². The topological polar surface area (TPSA) is 69.0 Å². The Hall–Kier alpha value is -2.83. The highest BCUT2D eigenvalue weighted by Crippen LogP contribution is 2.46. The maximum Gasteiger partial charge on any atom is 0.226 e. The van der Waals surface area contributed by atoms with Gasteiger partial charge >= 0.3 is 0 Å². The van der Waals surface area contributed by atoms with E-state index in [1.807, 2.05) is 37.3 Å². The number of halogens is 2. The summed E-state index contributed by atoms with van der Waals surface area (Å²) < 4.78 is 7.32. The van der Waals surface area contributed by atoms with Crippen LogP contribution in [0.15, 0.2) is 53.7 Å². The lowest BCUT2D eigenvalue weighted by Crippen LogP contribution is -2.36. The van der Waals surface area contributed by atoms with Gasteiger partial charge < -0.3 is 10.1 Å². The van der Waals surface area contributed by atoms with Gasteiger partial charge in [-0.05, 0) is 60.7 Å². The molecule has 0 saturated heterocycles. The van der Waals surface area contributed by atoms with Gasteiger partial charge in [0.2, 0.25) is 5.95 Å². The molecule has 1 aromatic heterocycles. The van der Waals surface area contributed by atoms with Crippen LogP contribution in [0.1, 0.15) is 45.2 Å². The zero-order valence-electron chi connectivity index (χ0n) is 18.7. The van der Waals surface area contributed by atoms with E-state index in [2.05, 4.69) is 19.2 Å². The summed E-state index contributed by atoms with van der Waals surface area (Å²) >= 11 is 12.5. The number of allylic oxidation sites excluding steroid dienone is 2. The molecule has 2 heterocycles. The van der Waals surface area contributed by atoms with E-state index in [9.17, 15) is 4.79 Å². The molecule has 0 saturated carbocycles. The van der Waals surface area contributed by atoms with E-state index in [-0.39, 0.29) is 11.2 Å². The molecule has 0 bridgehead atoms. The fraction of sp³-hybridized carbons (Fsp3) is 0.320. The third kappa shape index (κ3) is 4.02. The summed E-state index contributed by atoms with van der Waals surface area (Å²) in [5, 5.41) is 9.11. The second-order valence-corrected chi connectivity index (χ2v) is 10.0. The van der Waals surface area contributed by atoms with E-state index in [1.54, 1.807) is 16.8 Å². The van der Waals surface area contributed by atoms with Crippen LogP contribution >= 0.6 is 23.2 Å². The van der Waals surface area contributed by atoms with E-state index >= 15 is 0 Å². The van der Waals surface area contributed by atoms with Crippen molar-refractivity contribution in [3.05, 3.63) is 69.3 Å². The molecular weight excluding hydrogens is 459 g/mol. The zero-order valence-corrected chi connectivity index (χ0v) is 20.2. The minimum Gasteiger partial charge on any atom is -0.494 e. The number of carbonyl (C=O) groups is 1. The number of nitrogens with zero attached hydrogens (tertiary/aromatic N) is 3. The maximum atomic E-state index is 13.3. The number of rotatable bonds is 4. The maximum absolute atomic E-state index is 13.3. The third-order valence-corrected chi connectivity index (χ3v) is 6.75. The fourth-order valence-electron chi connectivity index (χ4n) is 4.59. The Labute approximate surface area is 202 Å². The van der Waals surface area contributed by atoms with Gasteiger partial charge in [-0.2, -0.15) is 4.98 Å². The monoisotopic (exact) mass is 482 g/mol. The van der Waals surface area contributed by atoms with E-state index in [0.29, 0.717) is 40.4 Å². The SMILES string of the molecule is CCOc1ccc(-c2nc3n(n2)C(c2ccc(Cl)c(Cl)c2)C2=C(CC(C)(C)CC2=O)N3)cc1. The minimum absolute atomic E-state index is 0.105. The Kier molecular flexibility index (Phi) is 5.46. The Morgan fingerprint density at radius 2 is 1.88 bits per heavy atom. The summed E-state index contributed by atoms with van der Waals surface area (Å²) in [4.78, 5) is 18.1. The van der Waals surface area contributed by atoms with Crippen molar-refractivity contribution in [3.8, 4) is 17.1 Å². The lowest BCUT2D eigenvalue weighted by atomic mass is 9.73. The molecule has 1 aliphatic heterocycles. The number of ether oxygens (including phenoxy) is 1. The van der Waals surface area contributed by atoms with Crippen molar-refractivity contribution in [1.29, 1.82) is 0 Å². The predicted octanol–water partition coefficient (Wildman–Crippen LogP) is 6.31. The van der Waals surface area contributed by atoms with Gasteiger partial charge in [0.15, 0.2) is 11.6 Å². The second-order valence-electron chi connectivity index (χ2n) is 9.20. The number of benzene rings is 2. The highest BCUT2D eigenvalue weighted by atomic mass is 35.5. The number of anilines is 1. The lowest BCUT2D eigenvalue weighted by Gasteiger charge is -2.38. The first-order valence-corrected chi connectivity index (χ1v) is 11.7. The molecule has 3 aromatic rings. The highest BCUT2D eigenvalue weighted by molar-refractivity contribution is 6.42. The highest BCUT2D eigenvalue weighted by Gasteiger charge is 2.42. The largest absolute Gasteiger partial charge is 0.494 e. The van der Waals surface area contributed by atoms with E-state index < -0.39 is 6.04 Å². The molecule has 0 radical (unpaired) electrons. The molecule has 0 spiro atoms. The zero-order chi connectivity index (χ0) is 23.3. The van der Waals surface area contributed by atoms with Crippen LogP contribution < -0.4 is 10.1 Å². The van der Waals surface area contributed by atoms with Crippen molar-refractivity contribution >= 4 is 34.9 Å². The predicted molar refractivity (Wildman–Crippen MR) is 130 cm³/mol. The molecule has 0 fully saturated rings. The number of ketones is 1. The van der Waals surface area contributed by atoms with Gasteiger partial charge in [-0.3, -0.25) is 4.79 Å². The van der Waals surface area contributed by atoms with Gasteiger partial charge in [0.25, 0.3) is 0 Å². The standard InChI is InChI=1S/C25H24Cl2N4O2/c1-4-33-16-8-5-14(6-9-16)23-29-24-28-19-12-25(2,3)13-20(32)21(19)22(31(24)30-23)15-7-10-17(26)18(27)11-15/h5-11,22H,4,12-13H2,1-3H3,(H,28,29,30). The summed E-state index contributed by atoms with van der Waals surface area (Å²) in [5.41, 5.74) is 3.18. The van der Waals surface area contributed by atoms with E-state index in [0.717, 1.165) is 29.0 Å². The second kappa shape index (κ2) is 8.19. The van der Waals surface area contributed by atoms with Crippen molar-refractivity contribution in [2.24, 2.45) is 5.41 Å². The Balaban J connectivity index is 1.63. The first kappa shape index (κ1) is 22.0. The van der Waals surface area contributed by atoms with Crippen LogP contribution in [0.25, 0.3) is 11.4 Å². The summed E-state index contributed by atoms with van der Waals surface area (Å²) in [5.74, 6) is 2.06. The first-order chi connectivity index (χ1) is 15.8. The average Bonchev–Trinajstić information content (AvgIpc) is 3.18. The summed E-state index contributed by atoms with van der Waals surface area (Å²) in [6.45, 7) is 6.77. The van der Waals surface area contributed by atoms with Crippen LogP contribution in [0.5, 0.6) is 5.75 Å². The van der Waals surface area contributed by atoms with Gasteiger partial charge in [-0.15, -0.1) is 5.10 Å². The number of fused-ring (bicyclic) bond motifs is 1.